The Labute approximate surface area is 104 Å². The third-order valence-electron chi connectivity index (χ3n) is 2.47. The number of nitrogen functional groups attached to an aromatic ring is 1. The van der Waals surface area contributed by atoms with Crippen LogP contribution in [0.3, 0.4) is 0 Å². The van der Waals surface area contributed by atoms with Crippen molar-refractivity contribution in [3.8, 4) is 0 Å². The van der Waals surface area contributed by atoms with Crippen molar-refractivity contribution in [2.45, 2.75) is 6.42 Å². The highest BCUT2D eigenvalue weighted by molar-refractivity contribution is 5.99. The normalized spacial score (nSPS) is 9.94. The standard InChI is InChI=1S/C12H15FN2O3/c1-15(6-5-11(16)18-2)12(17)9-7-8(13)3-4-10(9)14/h3-4,7H,5-6,14H2,1-2H3. The van der Waals surface area contributed by atoms with Gasteiger partial charge in [-0.15, -0.1) is 0 Å². The molecule has 1 aromatic carbocycles. The van der Waals surface area contributed by atoms with E-state index in [0.29, 0.717) is 0 Å². The summed E-state index contributed by atoms with van der Waals surface area (Å²) in [5, 5.41) is 0. The zero-order valence-electron chi connectivity index (χ0n) is 10.3. The molecule has 0 heterocycles. The first-order valence-corrected chi connectivity index (χ1v) is 5.33. The molecule has 1 amide bonds. The van der Waals surface area contributed by atoms with Crippen LogP contribution in [-0.2, 0) is 9.53 Å². The van der Waals surface area contributed by atoms with Gasteiger partial charge in [-0.2, -0.15) is 0 Å². The third-order valence-corrected chi connectivity index (χ3v) is 2.47. The van der Waals surface area contributed by atoms with Crippen molar-refractivity contribution in [1.29, 1.82) is 0 Å². The summed E-state index contributed by atoms with van der Waals surface area (Å²) in [7, 11) is 2.78. The summed E-state index contributed by atoms with van der Waals surface area (Å²) in [6, 6.07) is 3.59. The minimum atomic E-state index is -0.533. The Balaban J connectivity index is 2.74. The summed E-state index contributed by atoms with van der Waals surface area (Å²) in [5.74, 6) is -1.38. The average Bonchev–Trinajstić information content (AvgIpc) is 2.37. The van der Waals surface area contributed by atoms with E-state index in [1.807, 2.05) is 0 Å². The van der Waals surface area contributed by atoms with Crippen LogP contribution < -0.4 is 5.73 Å². The minimum absolute atomic E-state index is 0.0773. The largest absolute Gasteiger partial charge is 0.469 e. The fourth-order valence-electron chi connectivity index (χ4n) is 1.38. The molecule has 0 aliphatic rings. The van der Waals surface area contributed by atoms with Crippen molar-refractivity contribution in [1.82, 2.24) is 4.90 Å². The smallest absolute Gasteiger partial charge is 0.307 e. The van der Waals surface area contributed by atoms with Crippen molar-refractivity contribution in [3.63, 3.8) is 0 Å². The maximum Gasteiger partial charge on any atom is 0.307 e. The average molecular weight is 254 g/mol. The van der Waals surface area contributed by atoms with Gasteiger partial charge in [0.25, 0.3) is 5.91 Å². The number of rotatable bonds is 4. The fraction of sp³-hybridized carbons (Fsp3) is 0.333. The lowest BCUT2D eigenvalue weighted by Crippen LogP contribution is -2.30. The molecule has 0 saturated heterocycles. The highest BCUT2D eigenvalue weighted by atomic mass is 19.1. The van der Waals surface area contributed by atoms with Crippen LogP contribution in [0, 0.1) is 5.82 Å². The highest BCUT2D eigenvalue weighted by Gasteiger charge is 2.16. The lowest BCUT2D eigenvalue weighted by Gasteiger charge is -2.17. The number of ether oxygens (including phenoxy) is 1. The second-order valence-electron chi connectivity index (χ2n) is 3.78. The van der Waals surface area contributed by atoms with E-state index in [1.165, 1.54) is 31.2 Å². The molecule has 0 fully saturated rings. The van der Waals surface area contributed by atoms with Gasteiger partial charge in [-0.25, -0.2) is 4.39 Å². The van der Waals surface area contributed by atoms with Crippen LogP contribution in [0.25, 0.3) is 0 Å². The SMILES string of the molecule is COC(=O)CCN(C)C(=O)c1cc(F)ccc1N. The summed E-state index contributed by atoms with van der Waals surface area (Å²) in [6.45, 7) is 0.182. The van der Waals surface area contributed by atoms with Crippen molar-refractivity contribution in [2.75, 3.05) is 26.4 Å². The van der Waals surface area contributed by atoms with E-state index in [2.05, 4.69) is 4.74 Å². The lowest BCUT2D eigenvalue weighted by atomic mass is 10.1. The molecule has 0 bridgehead atoms. The van der Waals surface area contributed by atoms with Gasteiger partial charge in [0.1, 0.15) is 5.82 Å². The molecule has 0 atom stereocenters. The van der Waals surface area contributed by atoms with Crippen molar-refractivity contribution in [2.24, 2.45) is 0 Å². The molecule has 0 aromatic heterocycles. The molecule has 0 unspecified atom stereocenters. The predicted molar refractivity (Wildman–Crippen MR) is 64.4 cm³/mol. The summed E-state index contributed by atoms with van der Waals surface area (Å²) in [5.41, 5.74) is 5.89. The van der Waals surface area contributed by atoms with Crippen LogP contribution in [-0.4, -0.2) is 37.5 Å². The number of carbonyl (C=O) groups is 2. The predicted octanol–water partition coefficient (Wildman–Crippen LogP) is 1.04. The minimum Gasteiger partial charge on any atom is -0.469 e. The Morgan fingerprint density at radius 3 is 2.72 bits per heavy atom. The molecule has 2 N–H and O–H groups in total. The number of hydrogen-bond donors (Lipinski definition) is 1. The highest BCUT2D eigenvalue weighted by Crippen LogP contribution is 2.15. The molecule has 5 nitrogen and oxygen atoms in total. The van der Waals surface area contributed by atoms with E-state index in [9.17, 15) is 14.0 Å². The Morgan fingerprint density at radius 1 is 1.44 bits per heavy atom. The first-order chi connectivity index (χ1) is 8.45. The molecular weight excluding hydrogens is 239 g/mol. The number of methoxy groups -OCH3 is 1. The van der Waals surface area contributed by atoms with E-state index in [4.69, 9.17) is 5.73 Å². The molecule has 0 saturated carbocycles. The molecule has 0 radical (unpaired) electrons. The first-order valence-electron chi connectivity index (χ1n) is 5.33. The van der Waals surface area contributed by atoms with Crippen molar-refractivity contribution in [3.05, 3.63) is 29.6 Å². The Kier molecular flexibility index (Phi) is 4.65. The van der Waals surface area contributed by atoms with Gasteiger partial charge >= 0.3 is 5.97 Å². The van der Waals surface area contributed by atoms with Gasteiger partial charge in [-0.05, 0) is 18.2 Å². The monoisotopic (exact) mass is 254 g/mol. The Bertz CT molecular complexity index is 463. The molecule has 6 heteroatoms. The fourth-order valence-corrected chi connectivity index (χ4v) is 1.38. The molecule has 1 aromatic rings. The molecule has 98 valence electrons. The van der Waals surface area contributed by atoms with Crippen LogP contribution in [0.2, 0.25) is 0 Å². The van der Waals surface area contributed by atoms with E-state index in [0.717, 1.165) is 6.07 Å². The number of benzene rings is 1. The summed E-state index contributed by atoms with van der Waals surface area (Å²) >= 11 is 0. The van der Waals surface area contributed by atoms with Crippen LogP contribution in [0.5, 0.6) is 0 Å². The molecule has 0 aliphatic carbocycles. The number of carbonyl (C=O) groups excluding carboxylic acids is 2. The maximum atomic E-state index is 13.0. The quantitative estimate of drug-likeness (QED) is 0.643. The number of halogens is 1. The van der Waals surface area contributed by atoms with Gasteiger partial charge in [0.05, 0.1) is 19.1 Å². The zero-order chi connectivity index (χ0) is 13.7. The first kappa shape index (κ1) is 14.0. The molecule has 0 aliphatic heterocycles. The van der Waals surface area contributed by atoms with Crippen LogP contribution in [0.1, 0.15) is 16.8 Å². The summed E-state index contributed by atoms with van der Waals surface area (Å²) in [4.78, 5) is 24.2. The number of amides is 1. The van der Waals surface area contributed by atoms with Gasteiger partial charge in [-0.3, -0.25) is 9.59 Å². The lowest BCUT2D eigenvalue weighted by molar-refractivity contribution is -0.140. The Morgan fingerprint density at radius 2 is 2.11 bits per heavy atom. The number of anilines is 1. The third kappa shape index (κ3) is 3.44. The summed E-state index contributed by atoms with van der Waals surface area (Å²) in [6.07, 6.45) is 0.0773. The number of esters is 1. The van der Waals surface area contributed by atoms with E-state index >= 15 is 0 Å². The van der Waals surface area contributed by atoms with Gasteiger partial charge in [0.2, 0.25) is 0 Å². The van der Waals surface area contributed by atoms with Gasteiger partial charge in [-0.1, -0.05) is 0 Å². The van der Waals surface area contributed by atoms with E-state index < -0.39 is 17.7 Å². The van der Waals surface area contributed by atoms with Gasteiger partial charge in [0.15, 0.2) is 0 Å². The van der Waals surface area contributed by atoms with Crippen molar-refractivity contribution >= 4 is 17.6 Å². The zero-order valence-corrected chi connectivity index (χ0v) is 10.3. The van der Waals surface area contributed by atoms with Gasteiger partial charge in [0, 0.05) is 19.3 Å². The maximum absolute atomic E-state index is 13.0. The molecule has 0 spiro atoms. The topological polar surface area (TPSA) is 72.6 Å². The number of hydrogen-bond acceptors (Lipinski definition) is 4. The van der Waals surface area contributed by atoms with Crippen molar-refractivity contribution < 1.29 is 18.7 Å². The number of nitrogens with two attached hydrogens (primary N) is 1. The second kappa shape index (κ2) is 6.00. The van der Waals surface area contributed by atoms with Crippen LogP contribution >= 0.6 is 0 Å². The van der Waals surface area contributed by atoms with Crippen LogP contribution in [0.15, 0.2) is 18.2 Å². The number of nitrogens with zero attached hydrogens (tertiary/aromatic N) is 1. The summed E-state index contributed by atoms with van der Waals surface area (Å²) < 4.78 is 17.5. The molecular formula is C12H15FN2O3. The van der Waals surface area contributed by atoms with Gasteiger partial charge < -0.3 is 15.4 Å². The van der Waals surface area contributed by atoms with Crippen LogP contribution in [0.4, 0.5) is 10.1 Å². The van der Waals surface area contributed by atoms with E-state index in [1.54, 1.807) is 0 Å². The van der Waals surface area contributed by atoms with E-state index in [-0.39, 0.29) is 24.2 Å². The molecule has 18 heavy (non-hydrogen) atoms. The second-order valence-corrected chi connectivity index (χ2v) is 3.78. The Hall–Kier alpha value is -2.11. The molecule has 1 rings (SSSR count).